The SMILES string of the molecule is Cc1ccc(-c2cc(C)nn2-c2ccc(S(=O)(=O)CC(=O)CCc3ccccc3N=Nc3ccc(C)c(C)c3)cc2)cc1.Cc1ccc(N=Nc2ccccc2CCC(=O)CS(=O)(=O)c2ccc(-c3c(-c4ccccc4)noc3C)cc2)cc1C. The van der Waals surface area contributed by atoms with Crippen LogP contribution in [0.2, 0.25) is 0 Å². The highest BCUT2D eigenvalue weighted by molar-refractivity contribution is 7.92. The smallest absolute Gasteiger partial charge is 0.185 e. The Morgan fingerprint density at radius 1 is 0.471 bits per heavy atom. The van der Waals surface area contributed by atoms with Crippen LogP contribution in [0.15, 0.2) is 229 Å². The summed E-state index contributed by atoms with van der Waals surface area (Å²) in [5.74, 6) is -1.21. The molecule has 0 spiro atoms. The minimum Gasteiger partial charge on any atom is -0.360 e. The molecule has 85 heavy (non-hydrogen) atoms. The molecule has 0 saturated carbocycles. The molecule has 0 saturated heterocycles. The second kappa shape index (κ2) is 26.9. The summed E-state index contributed by atoms with van der Waals surface area (Å²) in [4.78, 5) is 25.8. The number of hydrogen-bond donors (Lipinski definition) is 0. The van der Waals surface area contributed by atoms with Gasteiger partial charge in [-0.25, -0.2) is 21.5 Å². The van der Waals surface area contributed by atoms with Gasteiger partial charge in [-0.3, -0.25) is 9.59 Å². The van der Waals surface area contributed by atoms with E-state index in [9.17, 15) is 26.4 Å². The normalized spacial score (nSPS) is 11.7. The molecule has 430 valence electrons. The average Bonchev–Trinajstić information content (AvgIpc) is 2.90. The van der Waals surface area contributed by atoms with Crippen molar-refractivity contribution in [2.75, 3.05) is 11.5 Å². The van der Waals surface area contributed by atoms with Crippen LogP contribution < -0.4 is 0 Å². The zero-order chi connectivity index (χ0) is 60.3. The molecule has 0 unspecified atom stereocenters. The Labute approximate surface area is 496 Å². The number of ketones is 2. The number of azo groups is 2. The van der Waals surface area contributed by atoms with Crippen LogP contribution >= 0.6 is 0 Å². The Morgan fingerprint density at radius 3 is 1.45 bits per heavy atom. The molecule has 16 heteroatoms. The maximum atomic E-state index is 13.1. The molecule has 0 amide bonds. The fraction of sp³-hybridized carbons (Fsp3) is 0.188. The fourth-order valence-electron chi connectivity index (χ4n) is 9.48. The van der Waals surface area contributed by atoms with Crippen molar-refractivity contribution in [3.8, 4) is 39.3 Å². The van der Waals surface area contributed by atoms with E-state index in [0.717, 1.165) is 73.0 Å². The zero-order valence-electron chi connectivity index (χ0n) is 48.5. The van der Waals surface area contributed by atoms with Gasteiger partial charge in [-0.05, 0) is 179 Å². The molecule has 0 aliphatic carbocycles. The van der Waals surface area contributed by atoms with E-state index >= 15 is 0 Å². The minimum atomic E-state index is -3.82. The highest BCUT2D eigenvalue weighted by atomic mass is 32.2. The number of sulfone groups is 2. The number of carbonyl (C=O) groups excluding carboxylic acids is 2. The molecule has 0 atom stereocenters. The maximum Gasteiger partial charge on any atom is 0.185 e. The lowest BCUT2D eigenvalue weighted by Gasteiger charge is -2.10. The molecule has 14 nitrogen and oxygen atoms in total. The van der Waals surface area contributed by atoms with Crippen molar-refractivity contribution < 1.29 is 30.9 Å². The number of Topliss-reactive ketones (excluding diaryl/α,β-unsaturated/α-hetero) is 2. The first-order valence-corrected chi connectivity index (χ1v) is 31.1. The molecule has 0 radical (unpaired) electrons. The lowest BCUT2D eigenvalue weighted by molar-refractivity contribution is -0.117. The Kier molecular flexibility index (Phi) is 19.1. The third kappa shape index (κ3) is 15.4. The van der Waals surface area contributed by atoms with Crippen LogP contribution in [0.5, 0.6) is 0 Å². The lowest BCUT2D eigenvalue weighted by Crippen LogP contribution is -2.17. The van der Waals surface area contributed by atoms with Crippen LogP contribution in [-0.2, 0) is 42.1 Å². The monoisotopic (exact) mass is 1170 g/mol. The van der Waals surface area contributed by atoms with Crippen LogP contribution in [0, 0.1) is 48.5 Å². The van der Waals surface area contributed by atoms with E-state index in [1.54, 1.807) is 28.9 Å². The van der Waals surface area contributed by atoms with Gasteiger partial charge in [-0.1, -0.05) is 126 Å². The largest absolute Gasteiger partial charge is 0.360 e. The van der Waals surface area contributed by atoms with E-state index in [2.05, 4.69) is 30.7 Å². The summed E-state index contributed by atoms with van der Waals surface area (Å²) in [6.07, 6.45) is 0.897. The van der Waals surface area contributed by atoms with Crippen LogP contribution in [0.3, 0.4) is 0 Å². The first-order valence-electron chi connectivity index (χ1n) is 27.8. The van der Waals surface area contributed by atoms with Crippen molar-refractivity contribution in [1.82, 2.24) is 14.9 Å². The third-order valence-corrected chi connectivity index (χ3v) is 18.0. The summed E-state index contributed by atoms with van der Waals surface area (Å²) in [5, 5.41) is 26.3. The summed E-state index contributed by atoms with van der Waals surface area (Å²) in [6, 6.07) is 59.5. The van der Waals surface area contributed by atoms with Crippen LogP contribution in [0.4, 0.5) is 22.7 Å². The number of aryl methyl sites for hydroxylation is 9. The van der Waals surface area contributed by atoms with Gasteiger partial charge in [0, 0.05) is 24.0 Å². The van der Waals surface area contributed by atoms with Crippen molar-refractivity contribution in [2.24, 2.45) is 20.5 Å². The Morgan fingerprint density at radius 2 is 0.941 bits per heavy atom. The van der Waals surface area contributed by atoms with Gasteiger partial charge in [0.05, 0.1) is 55.2 Å². The predicted molar refractivity (Wildman–Crippen MR) is 334 cm³/mol. The fourth-order valence-corrected chi connectivity index (χ4v) is 12.0. The van der Waals surface area contributed by atoms with Crippen molar-refractivity contribution in [3.05, 3.63) is 245 Å². The number of aromatic nitrogens is 3. The van der Waals surface area contributed by atoms with Crippen LogP contribution in [-0.4, -0.2) is 54.8 Å². The number of nitrogens with zero attached hydrogens (tertiary/aromatic N) is 7. The van der Waals surface area contributed by atoms with E-state index in [0.29, 0.717) is 35.7 Å². The summed E-state index contributed by atoms with van der Waals surface area (Å²) in [5.41, 5.74) is 17.0. The Hall–Kier alpha value is -9.38. The van der Waals surface area contributed by atoms with Gasteiger partial charge in [0.2, 0.25) is 0 Å². The van der Waals surface area contributed by atoms with E-state index in [1.165, 1.54) is 41.0 Å². The quantitative estimate of drug-likeness (QED) is 0.0667. The summed E-state index contributed by atoms with van der Waals surface area (Å²) in [6.45, 7) is 13.9. The third-order valence-electron chi connectivity index (χ3n) is 14.6. The van der Waals surface area contributed by atoms with E-state index < -0.39 is 31.2 Å². The zero-order valence-corrected chi connectivity index (χ0v) is 50.2. The Balaban J connectivity index is 0.000000204. The van der Waals surface area contributed by atoms with E-state index in [4.69, 9.17) is 4.52 Å². The molecule has 10 rings (SSSR count). The standard InChI is InChI=1S/C35H34N4O3S.C34H31N3O4S/c1-24-9-12-29(13-10-24)35-22-27(4)38-39(35)31-16-19-33(20-17-31)43(41,42)23-32(40)18-14-28-7-5-6-8-34(28)37-36-30-15-11-25(2)26(3)21-30;1-23-13-17-29(21-24(23)2)35-36-32-12-8-7-9-26(32)14-18-30(38)22-42(39,40)31-19-15-27(16-20-31)33-25(3)41-37-34(33)28-10-5-4-6-11-28/h5-13,15-17,19-22H,14,18,23H2,1-4H3;4-13,15-17,19-21H,14,18,22H2,1-3H3. The van der Waals surface area contributed by atoms with Crippen molar-refractivity contribution in [3.63, 3.8) is 0 Å². The first kappa shape index (κ1) is 60.2. The highest BCUT2D eigenvalue weighted by Gasteiger charge is 2.23. The molecular formula is C69H65N7O7S2. The van der Waals surface area contributed by atoms with Gasteiger partial charge in [-0.2, -0.15) is 25.6 Å². The van der Waals surface area contributed by atoms with Gasteiger partial charge in [0.1, 0.15) is 34.5 Å². The van der Waals surface area contributed by atoms with Crippen molar-refractivity contribution in [1.29, 1.82) is 0 Å². The molecule has 0 fully saturated rings. The molecule has 0 bridgehead atoms. The van der Waals surface area contributed by atoms with Crippen LogP contribution in [0.25, 0.3) is 39.3 Å². The van der Waals surface area contributed by atoms with Crippen molar-refractivity contribution >= 4 is 54.0 Å². The molecular weight excluding hydrogens is 1100 g/mol. The Bertz CT molecular complexity index is 4320. The molecule has 8 aromatic carbocycles. The highest BCUT2D eigenvalue weighted by Crippen LogP contribution is 2.35. The van der Waals surface area contributed by atoms with Gasteiger partial charge in [0.25, 0.3) is 0 Å². The number of benzene rings is 8. The molecule has 0 N–H and O–H groups in total. The second-order valence-corrected chi connectivity index (χ2v) is 25.1. The number of hydrogen-bond acceptors (Lipinski definition) is 13. The number of rotatable bonds is 20. The van der Waals surface area contributed by atoms with Crippen LogP contribution in [0.1, 0.15) is 63.2 Å². The molecule has 2 heterocycles. The topological polar surface area (TPSA) is 196 Å². The maximum absolute atomic E-state index is 13.1. The van der Waals surface area contributed by atoms with Crippen molar-refractivity contribution in [2.45, 2.75) is 83.9 Å². The molecule has 2 aromatic heterocycles. The molecule has 0 aliphatic heterocycles. The van der Waals surface area contributed by atoms with Gasteiger partial charge in [0.15, 0.2) is 19.7 Å². The summed E-state index contributed by atoms with van der Waals surface area (Å²) >= 11 is 0. The summed E-state index contributed by atoms with van der Waals surface area (Å²) < 4.78 is 59.7. The molecule has 10 aromatic rings. The lowest BCUT2D eigenvalue weighted by atomic mass is 10.00. The predicted octanol–water partition coefficient (Wildman–Crippen LogP) is 16.5. The van der Waals surface area contributed by atoms with Gasteiger partial charge < -0.3 is 4.52 Å². The van der Waals surface area contributed by atoms with Gasteiger partial charge >= 0.3 is 0 Å². The average molecular weight is 1170 g/mol. The number of carbonyl (C=O) groups is 2. The molecule has 0 aliphatic rings. The first-order chi connectivity index (χ1) is 40.8. The summed E-state index contributed by atoms with van der Waals surface area (Å²) in [7, 11) is -7.63. The second-order valence-electron chi connectivity index (χ2n) is 21.1. The van der Waals surface area contributed by atoms with E-state index in [1.807, 2.05) is 194 Å². The minimum absolute atomic E-state index is 0.0772. The van der Waals surface area contributed by atoms with E-state index in [-0.39, 0.29) is 34.2 Å². The van der Waals surface area contributed by atoms with Gasteiger partial charge in [-0.15, -0.1) is 0 Å².